The van der Waals surface area contributed by atoms with Gasteiger partial charge in [-0.3, -0.25) is 0 Å². The monoisotopic (exact) mass is 314 g/mol. The number of nitrogens with zero attached hydrogens (tertiary/aromatic N) is 6. The van der Waals surface area contributed by atoms with Gasteiger partial charge in [-0.05, 0) is 45.7 Å². The van der Waals surface area contributed by atoms with E-state index in [0.717, 1.165) is 11.3 Å². The maximum atomic E-state index is 8.78. The second-order valence-corrected chi connectivity index (χ2v) is 4.51. The Balaban J connectivity index is 2.46. The predicted octanol–water partition coefficient (Wildman–Crippen LogP) is 1.58. The van der Waals surface area contributed by atoms with E-state index in [1.54, 1.807) is 12.1 Å². The Morgan fingerprint density at radius 3 is 2.74 bits per heavy atom. The normalized spacial score (nSPS) is 9.68. The Bertz CT molecular complexity index is 693. The minimum atomic E-state index is 0.213. The molecule has 0 atom stereocenters. The average Bonchev–Trinajstić information content (AvgIpc) is 2.71. The van der Waals surface area contributed by atoms with Crippen LogP contribution >= 0.6 is 15.9 Å². The zero-order valence-corrected chi connectivity index (χ0v) is 11.7. The third kappa shape index (κ3) is 2.62. The first-order valence-electron chi connectivity index (χ1n) is 5.42. The fraction of sp³-hybridized carbons (Fsp3) is 0.0909. The quantitative estimate of drug-likeness (QED) is 0.372. The molecule has 0 saturated heterocycles. The molecule has 0 unspecified atom stereocenters. The smallest absolute Gasteiger partial charge is 0.181 e. The fourth-order valence-corrected chi connectivity index (χ4v) is 2.43. The summed E-state index contributed by atoms with van der Waals surface area (Å²) in [5.74, 6) is 0. The molecule has 0 fully saturated rings. The molecule has 0 aliphatic carbocycles. The zero-order valence-electron chi connectivity index (χ0n) is 10.1. The van der Waals surface area contributed by atoms with Gasteiger partial charge >= 0.3 is 0 Å². The summed E-state index contributed by atoms with van der Waals surface area (Å²) >= 11 is 3.38. The Kier molecular flexibility index (Phi) is 3.90. The molecule has 2 rings (SSSR count). The van der Waals surface area contributed by atoms with Gasteiger partial charge < -0.3 is 4.57 Å². The maximum absolute atomic E-state index is 8.78. The molecule has 92 valence electrons. The van der Waals surface area contributed by atoms with Gasteiger partial charge in [0.1, 0.15) is 0 Å². The topological polar surface area (TPSA) is 90.4 Å². The van der Waals surface area contributed by atoms with Crippen LogP contribution in [0.1, 0.15) is 11.3 Å². The lowest BCUT2D eigenvalue weighted by molar-refractivity contribution is 0.991. The lowest BCUT2D eigenvalue weighted by atomic mass is 10.0. The van der Waals surface area contributed by atoms with Gasteiger partial charge in [-0.15, -0.1) is 0 Å². The number of halogens is 1. The van der Waals surface area contributed by atoms with Crippen LogP contribution in [-0.4, -0.2) is 17.4 Å². The molecule has 19 heavy (non-hydrogen) atoms. The molecule has 0 N–H and O–H groups in total. The molecule has 0 saturated carbocycles. The van der Waals surface area contributed by atoms with Crippen molar-refractivity contribution in [3.8, 4) is 11.8 Å². The molecule has 0 amide bonds. The van der Waals surface area contributed by atoms with Crippen molar-refractivity contribution >= 4 is 29.4 Å². The van der Waals surface area contributed by atoms with Crippen molar-refractivity contribution in [2.24, 2.45) is 5.11 Å². The lowest BCUT2D eigenvalue weighted by Gasteiger charge is -2.07. The van der Waals surface area contributed by atoms with Crippen LogP contribution in [-0.2, 0) is 6.54 Å². The summed E-state index contributed by atoms with van der Waals surface area (Å²) in [5.41, 5.74) is 11.5. The molecule has 2 aromatic rings. The number of rotatable bonds is 3. The zero-order chi connectivity index (χ0) is 13.8. The number of hydrogen-bond acceptors (Lipinski definition) is 3. The van der Waals surface area contributed by atoms with Gasteiger partial charge in [0.05, 0.1) is 23.9 Å². The highest BCUT2D eigenvalue weighted by atomic mass is 79.9. The fourth-order valence-electron chi connectivity index (χ4n) is 1.74. The summed E-state index contributed by atoms with van der Waals surface area (Å²) in [4.78, 5) is 7.05. The maximum Gasteiger partial charge on any atom is 0.181 e. The van der Waals surface area contributed by atoms with E-state index in [2.05, 4.69) is 37.0 Å². The highest BCUT2D eigenvalue weighted by Gasteiger charge is 2.12. The van der Waals surface area contributed by atoms with E-state index >= 15 is 0 Å². The molecule has 0 aliphatic heterocycles. The van der Waals surface area contributed by atoms with Crippen molar-refractivity contribution < 1.29 is 0 Å². The molecule has 1 aromatic carbocycles. The second kappa shape index (κ2) is 5.61. The summed E-state index contributed by atoms with van der Waals surface area (Å²) in [7, 11) is 1.90. The van der Waals surface area contributed by atoms with E-state index in [9.17, 15) is 0 Å². The molecule has 0 radical (unpaired) electrons. The van der Waals surface area contributed by atoms with Crippen LogP contribution in [0.4, 0.5) is 0 Å². The van der Waals surface area contributed by atoms with Crippen molar-refractivity contribution in [1.82, 2.24) is 9.55 Å². The van der Waals surface area contributed by atoms with Crippen LogP contribution in [0.15, 0.2) is 34.1 Å². The molecule has 1 heterocycles. The number of benzene rings is 1. The molecule has 8 heteroatoms. The number of aromatic nitrogens is 2. The van der Waals surface area contributed by atoms with E-state index in [-0.39, 0.29) is 6.54 Å². The first-order valence-corrected chi connectivity index (χ1v) is 6.21. The number of imidazole rings is 1. The standard InChI is InChI=1S/C11H8BBrN6/c12-10-9(6-16-18-15)17-11(13)19(10)8-3-1-7(5-14)2-4-8/h1-4H,6,12H2. The van der Waals surface area contributed by atoms with Crippen molar-refractivity contribution in [3.05, 3.63) is 50.7 Å². The number of nitriles is 1. The molecule has 1 aromatic heterocycles. The Morgan fingerprint density at radius 1 is 1.47 bits per heavy atom. The summed E-state index contributed by atoms with van der Waals surface area (Å²) in [6.07, 6.45) is 0. The van der Waals surface area contributed by atoms with Gasteiger partial charge in [0.25, 0.3) is 0 Å². The summed E-state index contributed by atoms with van der Waals surface area (Å²) in [6.45, 7) is 0.213. The molecular formula is C11H8BBrN6. The Morgan fingerprint density at radius 2 is 2.16 bits per heavy atom. The number of hydrogen-bond donors (Lipinski definition) is 0. The first kappa shape index (κ1) is 13.2. The van der Waals surface area contributed by atoms with Gasteiger partial charge in [0, 0.05) is 16.2 Å². The molecule has 0 aliphatic rings. The highest BCUT2D eigenvalue weighted by molar-refractivity contribution is 9.10. The van der Waals surface area contributed by atoms with Gasteiger partial charge in [-0.25, -0.2) is 4.98 Å². The minimum absolute atomic E-state index is 0.213. The van der Waals surface area contributed by atoms with Crippen molar-refractivity contribution in [1.29, 1.82) is 5.26 Å². The summed E-state index contributed by atoms with van der Waals surface area (Å²) < 4.78 is 2.53. The highest BCUT2D eigenvalue weighted by Crippen LogP contribution is 2.16. The van der Waals surface area contributed by atoms with E-state index in [1.807, 2.05) is 24.5 Å². The van der Waals surface area contributed by atoms with Crippen LogP contribution in [0.2, 0.25) is 0 Å². The van der Waals surface area contributed by atoms with Crippen LogP contribution in [0.25, 0.3) is 16.1 Å². The van der Waals surface area contributed by atoms with Crippen molar-refractivity contribution in [2.75, 3.05) is 0 Å². The largest absolute Gasteiger partial charge is 0.301 e. The molecule has 6 nitrogen and oxygen atoms in total. The van der Waals surface area contributed by atoms with Crippen LogP contribution in [0.5, 0.6) is 0 Å². The third-order valence-corrected chi connectivity index (χ3v) is 3.24. The third-order valence-electron chi connectivity index (χ3n) is 2.70. The van der Waals surface area contributed by atoms with Gasteiger partial charge in [-0.1, -0.05) is 5.11 Å². The molecular weight excluding hydrogens is 307 g/mol. The van der Waals surface area contributed by atoms with E-state index < -0.39 is 0 Å². The van der Waals surface area contributed by atoms with Crippen LogP contribution < -0.4 is 5.59 Å². The van der Waals surface area contributed by atoms with E-state index in [0.29, 0.717) is 16.0 Å². The Hall–Kier alpha value is -2.23. The molecule has 0 bridgehead atoms. The summed E-state index contributed by atoms with van der Waals surface area (Å²) in [5, 5.41) is 12.3. The van der Waals surface area contributed by atoms with E-state index in [4.69, 9.17) is 10.8 Å². The van der Waals surface area contributed by atoms with Crippen LogP contribution in [0.3, 0.4) is 0 Å². The average molecular weight is 315 g/mol. The lowest BCUT2D eigenvalue weighted by Crippen LogP contribution is -2.18. The minimum Gasteiger partial charge on any atom is -0.301 e. The first-order chi connectivity index (χ1) is 9.17. The van der Waals surface area contributed by atoms with Gasteiger partial charge in [0.15, 0.2) is 12.6 Å². The SMILES string of the molecule is Bc1c(CN=[N+]=[N-])nc(Br)n1-c1ccc(C#N)cc1. The molecule has 0 spiro atoms. The van der Waals surface area contributed by atoms with Crippen molar-refractivity contribution in [2.45, 2.75) is 6.54 Å². The van der Waals surface area contributed by atoms with Gasteiger partial charge in [-0.2, -0.15) is 5.26 Å². The summed E-state index contributed by atoms with van der Waals surface area (Å²) in [6, 6.07) is 9.25. The number of azide groups is 1. The van der Waals surface area contributed by atoms with Crippen LogP contribution in [0, 0.1) is 11.3 Å². The predicted molar refractivity (Wildman–Crippen MR) is 77.0 cm³/mol. The Labute approximate surface area is 118 Å². The van der Waals surface area contributed by atoms with Crippen molar-refractivity contribution in [3.63, 3.8) is 0 Å². The van der Waals surface area contributed by atoms with Gasteiger partial charge in [0.2, 0.25) is 0 Å². The second-order valence-electron chi connectivity index (χ2n) is 3.80. The van der Waals surface area contributed by atoms with E-state index in [1.165, 1.54) is 0 Å².